The fourth-order valence-corrected chi connectivity index (χ4v) is 7.26. The van der Waals surface area contributed by atoms with Crippen LogP contribution >= 0.6 is 0 Å². The van der Waals surface area contributed by atoms with Gasteiger partial charge in [-0.15, -0.1) is 0 Å². The zero-order valence-electron chi connectivity index (χ0n) is 26.2. The van der Waals surface area contributed by atoms with E-state index >= 15 is 0 Å². The van der Waals surface area contributed by atoms with E-state index < -0.39 is 0 Å². The first-order valence-electron chi connectivity index (χ1n) is 16.9. The van der Waals surface area contributed by atoms with Crippen LogP contribution in [0.15, 0.2) is 103 Å². The maximum Gasteiger partial charge on any atom is 0.0465 e. The van der Waals surface area contributed by atoms with E-state index in [-0.39, 0.29) is 5.41 Å². The SMILES string of the molecule is CCCCCCCCC1(CCCCCCCC)c2ccccc2-c2ccc(N(c3ccccc3)c3ccccc3)cc21. The van der Waals surface area contributed by atoms with Crippen LogP contribution in [0, 0.1) is 0 Å². The van der Waals surface area contributed by atoms with Crippen molar-refractivity contribution in [1.29, 1.82) is 0 Å². The summed E-state index contributed by atoms with van der Waals surface area (Å²) in [6.45, 7) is 4.63. The Bertz CT molecular complexity index is 1300. The summed E-state index contributed by atoms with van der Waals surface area (Å²) in [7, 11) is 0. The highest BCUT2D eigenvalue weighted by Crippen LogP contribution is 2.55. The third kappa shape index (κ3) is 6.83. The molecule has 0 radical (unpaired) electrons. The molecule has 0 heterocycles. The lowest BCUT2D eigenvalue weighted by Crippen LogP contribution is -2.26. The number of para-hydroxylation sites is 2. The highest BCUT2D eigenvalue weighted by Gasteiger charge is 2.42. The maximum atomic E-state index is 2.56. The van der Waals surface area contributed by atoms with Crippen LogP contribution in [0.25, 0.3) is 11.1 Å². The highest BCUT2D eigenvalue weighted by atomic mass is 15.1. The average molecular weight is 558 g/mol. The van der Waals surface area contributed by atoms with Crippen molar-refractivity contribution in [2.75, 3.05) is 4.90 Å². The van der Waals surface area contributed by atoms with Gasteiger partial charge in [-0.1, -0.05) is 158 Å². The van der Waals surface area contributed by atoms with Gasteiger partial charge in [-0.05, 0) is 71.5 Å². The predicted octanol–water partition coefficient (Wildman–Crippen LogP) is 12.9. The van der Waals surface area contributed by atoms with Gasteiger partial charge in [-0.2, -0.15) is 0 Å². The summed E-state index contributed by atoms with van der Waals surface area (Å²) in [5.74, 6) is 0. The lowest BCUT2D eigenvalue weighted by atomic mass is 9.70. The molecule has 0 amide bonds. The van der Waals surface area contributed by atoms with Gasteiger partial charge in [-0.25, -0.2) is 0 Å². The molecular formula is C41H51N. The van der Waals surface area contributed by atoms with Gasteiger partial charge in [0.05, 0.1) is 0 Å². The largest absolute Gasteiger partial charge is 0.310 e. The van der Waals surface area contributed by atoms with E-state index in [4.69, 9.17) is 0 Å². The second kappa shape index (κ2) is 15.2. The summed E-state index contributed by atoms with van der Waals surface area (Å²) in [6, 6.07) is 38.4. The van der Waals surface area contributed by atoms with E-state index in [1.165, 1.54) is 118 Å². The number of rotatable bonds is 17. The van der Waals surface area contributed by atoms with E-state index in [1.807, 2.05) is 0 Å². The second-order valence-electron chi connectivity index (χ2n) is 12.4. The molecule has 4 aromatic carbocycles. The Morgan fingerprint density at radius 1 is 0.429 bits per heavy atom. The van der Waals surface area contributed by atoms with Crippen molar-refractivity contribution in [2.45, 2.75) is 109 Å². The summed E-state index contributed by atoms with van der Waals surface area (Å²) in [5.41, 5.74) is 9.80. The van der Waals surface area contributed by atoms with Crippen molar-refractivity contribution in [3.8, 4) is 11.1 Å². The van der Waals surface area contributed by atoms with E-state index in [2.05, 4.69) is 122 Å². The molecule has 0 unspecified atom stereocenters. The van der Waals surface area contributed by atoms with Crippen LogP contribution in [-0.4, -0.2) is 0 Å². The lowest BCUT2D eigenvalue weighted by molar-refractivity contribution is 0.398. The molecule has 4 aromatic rings. The van der Waals surface area contributed by atoms with Crippen molar-refractivity contribution < 1.29 is 0 Å². The molecule has 1 nitrogen and oxygen atoms in total. The second-order valence-corrected chi connectivity index (χ2v) is 12.4. The number of hydrogen-bond acceptors (Lipinski definition) is 1. The maximum absolute atomic E-state index is 2.56. The molecule has 0 atom stereocenters. The Kier molecular flexibility index (Phi) is 10.9. The van der Waals surface area contributed by atoms with Crippen LogP contribution < -0.4 is 4.90 Å². The Labute approximate surface area is 256 Å². The number of benzene rings is 4. The first-order valence-corrected chi connectivity index (χ1v) is 16.9. The monoisotopic (exact) mass is 557 g/mol. The van der Waals surface area contributed by atoms with Crippen LogP contribution in [0.1, 0.15) is 115 Å². The molecule has 220 valence electrons. The van der Waals surface area contributed by atoms with E-state index in [1.54, 1.807) is 11.1 Å². The molecule has 0 spiro atoms. The Morgan fingerprint density at radius 2 is 0.905 bits per heavy atom. The van der Waals surface area contributed by atoms with Gasteiger partial charge in [0.2, 0.25) is 0 Å². The molecule has 1 heteroatoms. The van der Waals surface area contributed by atoms with Crippen LogP contribution in [0.4, 0.5) is 17.1 Å². The number of unbranched alkanes of at least 4 members (excludes halogenated alkanes) is 10. The molecule has 1 aliphatic carbocycles. The molecular weight excluding hydrogens is 506 g/mol. The zero-order chi connectivity index (χ0) is 29.0. The van der Waals surface area contributed by atoms with Gasteiger partial charge in [0.25, 0.3) is 0 Å². The van der Waals surface area contributed by atoms with Gasteiger partial charge >= 0.3 is 0 Å². The minimum atomic E-state index is 0.0937. The van der Waals surface area contributed by atoms with Crippen molar-refractivity contribution in [3.63, 3.8) is 0 Å². The fourth-order valence-electron chi connectivity index (χ4n) is 7.26. The standard InChI is InChI=1S/C41H51N/c1-3-5-7-9-11-21-31-41(32-22-12-10-8-6-4-2)39-28-20-19-27-37(39)38-30-29-36(33-40(38)41)42(34-23-15-13-16-24-34)35-25-17-14-18-26-35/h13-20,23-30,33H,3-12,21-22,31-32H2,1-2H3. The minimum absolute atomic E-state index is 0.0937. The molecule has 0 saturated carbocycles. The molecule has 0 fully saturated rings. The quantitative estimate of drug-likeness (QED) is 0.117. The third-order valence-electron chi connectivity index (χ3n) is 9.45. The Balaban J connectivity index is 1.54. The number of anilines is 3. The molecule has 0 aliphatic heterocycles. The molecule has 0 bridgehead atoms. The Hall–Kier alpha value is -3.32. The molecule has 0 aromatic heterocycles. The topological polar surface area (TPSA) is 3.24 Å². The van der Waals surface area contributed by atoms with Gasteiger partial charge in [0.1, 0.15) is 0 Å². The lowest BCUT2D eigenvalue weighted by Gasteiger charge is -2.34. The normalized spacial score (nSPS) is 13.1. The predicted molar refractivity (Wildman–Crippen MR) is 183 cm³/mol. The van der Waals surface area contributed by atoms with Crippen molar-refractivity contribution in [1.82, 2.24) is 0 Å². The molecule has 0 N–H and O–H groups in total. The number of hydrogen-bond donors (Lipinski definition) is 0. The molecule has 42 heavy (non-hydrogen) atoms. The van der Waals surface area contributed by atoms with E-state index in [9.17, 15) is 0 Å². The van der Waals surface area contributed by atoms with Gasteiger partial charge in [0.15, 0.2) is 0 Å². The fraction of sp³-hybridized carbons (Fsp3) is 0.415. The van der Waals surface area contributed by atoms with Gasteiger partial charge < -0.3 is 4.90 Å². The smallest absolute Gasteiger partial charge is 0.0465 e. The molecule has 5 rings (SSSR count). The first-order chi connectivity index (χ1) is 20.8. The van der Waals surface area contributed by atoms with Gasteiger partial charge in [0, 0.05) is 22.5 Å². The number of nitrogens with zero attached hydrogens (tertiary/aromatic N) is 1. The first kappa shape index (κ1) is 30.1. The average Bonchev–Trinajstić information content (AvgIpc) is 3.31. The third-order valence-corrected chi connectivity index (χ3v) is 9.45. The van der Waals surface area contributed by atoms with Crippen molar-refractivity contribution >= 4 is 17.1 Å². The molecule has 0 saturated heterocycles. The van der Waals surface area contributed by atoms with E-state index in [0.717, 1.165) is 0 Å². The highest BCUT2D eigenvalue weighted by molar-refractivity contribution is 5.85. The minimum Gasteiger partial charge on any atom is -0.310 e. The summed E-state index contributed by atoms with van der Waals surface area (Å²) >= 11 is 0. The summed E-state index contributed by atoms with van der Waals surface area (Å²) in [5, 5.41) is 0. The summed E-state index contributed by atoms with van der Waals surface area (Å²) < 4.78 is 0. The van der Waals surface area contributed by atoms with Crippen LogP contribution in [0.3, 0.4) is 0 Å². The van der Waals surface area contributed by atoms with Crippen LogP contribution in [0.2, 0.25) is 0 Å². The zero-order valence-corrected chi connectivity index (χ0v) is 26.2. The summed E-state index contributed by atoms with van der Waals surface area (Å²) in [6.07, 6.45) is 18.6. The summed E-state index contributed by atoms with van der Waals surface area (Å²) in [4.78, 5) is 2.43. The molecule has 1 aliphatic rings. The number of fused-ring (bicyclic) bond motifs is 3. The Morgan fingerprint density at radius 3 is 1.48 bits per heavy atom. The van der Waals surface area contributed by atoms with E-state index in [0.29, 0.717) is 0 Å². The van der Waals surface area contributed by atoms with Crippen molar-refractivity contribution in [2.24, 2.45) is 0 Å². The van der Waals surface area contributed by atoms with Crippen molar-refractivity contribution in [3.05, 3.63) is 114 Å². The van der Waals surface area contributed by atoms with Crippen LogP contribution in [0.5, 0.6) is 0 Å². The van der Waals surface area contributed by atoms with Gasteiger partial charge in [-0.3, -0.25) is 0 Å². The van der Waals surface area contributed by atoms with Crippen LogP contribution in [-0.2, 0) is 5.41 Å².